The second-order valence-electron chi connectivity index (χ2n) is 10.5. The zero-order valence-corrected chi connectivity index (χ0v) is 23.4. The van der Waals surface area contributed by atoms with Crippen LogP contribution in [0.25, 0.3) is 11.3 Å². The van der Waals surface area contributed by atoms with E-state index in [1.165, 1.54) is 31.4 Å². The average molecular weight is 590 g/mol. The number of alkyl halides is 3. The van der Waals surface area contributed by atoms with Crippen LogP contribution in [0.15, 0.2) is 41.5 Å². The molecule has 0 spiro atoms. The smallest absolute Gasteiger partial charge is 0.378 e. The Kier molecular flexibility index (Phi) is 8.19. The van der Waals surface area contributed by atoms with E-state index in [4.69, 9.17) is 4.74 Å². The number of halogens is 4. The van der Waals surface area contributed by atoms with Crippen LogP contribution in [0.3, 0.4) is 0 Å². The summed E-state index contributed by atoms with van der Waals surface area (Å²) in [5, 5.41) is 2.58. The molecule has 4 heterocycles. The molecule has 0 radical (unpaired) electrons. The van der Waals surface area contributed by atoms with E-state index < -0.39 is 34.6 Å². The number of hydrogen-bond donors (Lipinski definition) is 1. The Morgan fingerprint density at radius 1 is 1.07 bits per heavy atom. The topological polar surface area (TPSA) is 95.8 Å². The fraction of sp³-hybridized carbons (Fsp3) is 0.429. The highest BCUT2D eigenvalue weighted by atomic mass is 19.4. The van der Waals surface area contributed by atoms with Gasteiger partial charge in [0.15, 0.2) is 0 Å². The van der Waals surface area contributed by atoms with Crippen LogP contribution in [0.5, 0.6) is 0 Å². The number of nitrogens with one attached hydrogen (secondary N) is 1. The second kappa shape index (κ2) is 11.7. The van der Waals surface area contributed by atoms with Crippen molar-refractivity contribution in [1.29, 1.82) is 0 Å². The maximum atomic E-state index is 15.8. The summed E-state index contributed by atoms with van der Waals surface area (Å²) < 4.78 is 63.5. The van der Waals surface area contributed by atoms with Crippen molar-refractivity contribution in [1.82, 2.24) is 19.4 Å². The number of pyridine rings is 1. The molecule has 10 nitrogen and oxygen atoms in total. The Morgan fingerprint density at radius 2 is 1.81 bits per heavy atom. The first-order valence-electron chi connectivity index (χ1n) is 13.5. The Morgan fingerprint density at radius 3 is 2.50 bits per heavy atom. The summed E-state index contributed by atoms with van der Waals surface area (Å²) in [5.74, 6) is -1.31. The highest BCUT2D eigenvalue weighted by Gasteiger charge is 2.36. The van der Waals surface area contributed by atoms with Gasteiger partial charge in [-0.25, -0.2) is 14.4 Å². The van der Waals surface area contributed by atoms with E-state index in [2.05, 4.69) is 20.2 Å². The van der Waals surface area contributed by atoms with Crippen LogP contribution in [0, 0.1) is 5.82 Å². The number of likely N-dealkylation sites (N-methyl/N-ethyl adjacent to an activating group) is 1. The Labute approximate surface area is 239 Å². The normalized spacial score (nSPS) is 18.3. The van der Waals surface area contributed by atoms with Gasteiger partial charge in [0.1, 0.15) is 5.82 Å². The average Bonchev–Trinajstić information content (AvgIpc) is 2.96. The minimum atomic E-state index is -4.94. The molecule has 0 unspecified atom stereocenters. The van der Waals surface area contributed by atoms with Crippen molar-refractivity contribution < 1.29 is 27.1 Å². The quantitative estimate of drug-likeness (QED) is 0.454. The summed E-state index contributed by atoms with van der Waals surface area (Å²) in [6, 6.07) is 4.67. The van der Waals surface area contributed by atoms with E-state index in [1.807, 2.05) is 23.8 Å². The molecule has 0 aliphatic carbocycles. The highest BCUT2D eigenvalue weighted by molar-refractivity contribution is 6.07. The maximum Gasteiger partial charge on any atom is 0.417 e. The van der Waals surface area contributed by atoms with Gasteiger partial charge >= 0.3 is 6.18 Å². The van der Waals surface area contributed by atoms with Crippen molar-refractivity contribution in [2.45, 2.75) is 19.1 Å². The number of ether oxygens (including phenoxy) is 1. The molecule has 2 aromatic heterocycles. The number of amides is 1. The molecular formula is C28H31F4N7O3. The molecule has 2 aliphatic rings. The number of hydrogen-bond acceptors (Lipinski definition) is 8. The van der Waals surface area contributed by atoms with Gasteiger partial charge in [-0.2, -0.15) is 13.2 Å². The summed E-state index contributed by atoms with van der Waals surface area (Å²) in [7, 11) is 3.22. The van der Waals surface area contributed by atoms with E-state index in [1.54, 1.807) is 0 Å². The Bertz CT molecular complexity index is 1540. The van der Waals surface area contributed by atoms with Crippen molar-refractivity contribution in [2.24, 2.45) is 7.05 Å². The number of carbonyl (C=O) groups excluding carboxylic acids is 1. The van der Waals surface area contributed by atoms with E-state index in [-0.39, 0.29) is 23.0 Å². The summed E-state index contributed by atoms with van der Waals surface area (Å²) >= 11 is 0. The lowest BCUT2D eigenvalue weighted by Gasteiger charge is -2.39. The molecule has 42 heavy (non-hydrogen) atoms. The van der Waals surface area contributed by atoms with Gasteiger partial charge in [-0.15, -0.1) is 0 Å². The van der Waals surface area contributed by atoms with Crippen molar-refractivity contribution in [2.75, 3.05) is 68.1 Å². The zero-order valence-electron chi connectivity index (χ0n) is 23.4. The van der Waals surface area contributed by atoms with Gasteiger partial charge < -0.3 is 29.3 Å². The first kappa shape index (κ1) is 29.5. The van der Waals surface area contributed by atoms with Gasteiger partial charge in [-0.1, -0.05) is 0 Å². The molecule has 5 rings (SSSR count). The number of benzene rings is 1. The number of aryl methyl sites for hydroxylation is 1. The molecule has 14 heteroatoms. The van der Waals surface area contributed by atoms with Crippen LogP contribution in [0.1, 0.15) is 22.8 Å². The van der Waals surface area contributed by atoms with Gasteiger partial charge in [0.25, 0.3) is 11.5 Å². The molecule has 2 aliphatic heterocycles. The summed E-state index contributed by atoms with van der Waals surface area (Å²) in [4.78, 5) is 40.1. The molecule has 1 aromatic carbocycles. The molecule has 3 aromatic rings. The molecule has 2 fully saturated rings. The predicted molar refractivity (Wildman–Crippen MR) is 149 cm³/mol. The molecular weight excluding hydrogens is 558 g/mol. The standard InChI is InChI=1S/C28H31F4N7O3/c1-17-15-39(7-6-36(17)2)24-14-21(29)18(22-4-5-33-27(35-22)38-8-10-42-11-9-38)12-23(24)34-26(41)19-16-37(3)25(40)13-20(19)28(30,31)32/h4-5,12-14,16-17H,6-11,15H2,1-3H3,(H,34,41)/t17-/m1/s1. The monoisotopic (exact) mass is 589 g/mol. The molecule has 224 valence electrons. The third-order valence-electron chi connectivity index (χ3n) is 7.63. The third kappa shape index (κ3) is 6.09. The number of piperazine rings is 1. The summed E-state index contributed by atoms with van der Waals surface area (Å²) in [6.45, 7) is 5.80. The lowest BCUT2D eigenvalue weighted by molar-refractivity contribution is -0.138. The molecule has 1 atom stereocenters. The highest BCUT2D eigenvalue weighted by Crippen LogP contribution is 2.36. The molecule has 0 saturated carbocycles. The molecule has 1 N–H and O–H groups in total. The van der Waals surface area contributed by atoms with Crippen molar-refractivity contribution >= 4 is 23.2 Å². The van der Waals surface area contributed by atoms with Crippen molar-refractivity contribution in [3.8, 4) is 11.3 Å². The fourth-order valence-electron chi connectivity index (χ4n) is 5.04. The van der Waals surface area contributed by atoms with Crippen LogP contribution in [0.2, 0.25) is 0 Å². The predicted octanol–water partition coefficient (Wildman–Crippen LogP) is 3.23. The number of carbonyl (C=O) groups is 1. The van der Waals surface area contributed by atoms with Crippen LogP contribution < -0.4 is 20.7 Å². The Hall–Kier alpha value is -4.04. The zero-order chi connectivity index (χ0) is 30.2. The van der Waals surface area contributed by atoms with E-state index >= 15 is 4.39 Å². The van der Waals surface area contributed by atoms with Gasteiger partial charge in [0, 0.05) is 69.8 Å². The third-order valence-corrected chi connectivity index (χ3v) is 7.63. The van der Waals surface area contributed by atoms with Crippen molar-refractivity contribution in [3.63, 3.8) is 0 Å². The molecule has 1 amide bonds. The van der Waals surface area contributed by atoms with Gasteiger partial charge in [-0.05, 0) is 32.2 Å². The first-order chi connectivity index (χ1) is 19.9. The van der Waals surface area contributed by atoms with Gasteiger partial charge in [0.05, 0.1) is 41.4 Å². The van der Waals surface area contributed by atoms with Crippen LogP contribution in [-0.2, 0) is 18.0 Å². The second-order valence-corrected chi connectivity index (χ2v) is 10.5. The lowest BCUT2D eigenvalue weighted by atomic mass is 10.0. The number of aromatic nitrogens is 3. The van der Waals surface area contributed by atoms with Gasteiger partial charge in [0.2, 0.25) is 5.95 Å². The molecule has 0 bridgehead atoms. The fourth-order valence-corrected chi connectivity index (χ4v) is 5.04. The number of anilines is 3. The maximum absolute atomic E-state index is 15.8. The largest absolute Gasteiger partial charge is 0.417 e. The minimum Gasteiger partial charge on any atom is -0.378 e. The van der Waals surface area contributed by atoms with Gasteiger partial charge in [-0.3, -0.25) is 9.59 Å². The summed E-state index contributed by atoms with van der Waals surface area (Å²) in [6.07, 6.45) is -2.59. The number of morpholine rings is 1. The van der Waals surface area contributed by atoms with E-state index in [9.17, 15) is 22.8 Å². The first-order valence-corrected chi connectivity index (χ1v) is 13.5. The Balaban J connectivity index is 1.58. The van der Waals surface area contributed by atoms with Crippen LogP contribution in [0.4, 0.5) is 34.9 Å². The van der Waals surface area contributed by atoms with Crippen LogP contribution in [-0.4, -0.2) is 84.4 Å². The SMILES string of the molecule is C[C@@H]1CN(c2cc(F)c(-c3ccnc(N4CCOCC4)n3)cc2NC(=O)c2cn(C)c(=O)cc2C(F)(F)F)CCN1C. The lowest BCUT2D eigenvalue weighted by Crippen LogP contribution is -2.50. The molecule has 2 saturated heterocycles. The number of nitrogens with zero attached hydrogens (tertiary/aromatic N) is 6. The van der Waals surface area contributed by atoms with Crippen LogP contribution >= 0.6 is 0 Å². The van der Waals surface area contributed by atoms with E-state index in [0.717, 1.165) is 10.8 Å². The minimum absolute atomic E-state index is 0.0460. The van der Waals surface area contributed by atoms with Crippen molar-refractivity contribution in [3.05, 3.63) is 64.0 Å². The number of rotatable bonds is 5. The van der Waals surface area contributed by atoms with E-state index in [0.29, 0.717) is 63.6 Å². The summed E-state index contributed by atoms with van der Waals surface area (Å²) in [5.41, 5.74) is -2.27.